The Hall–Kier alpha value is -4.61. The Bertz CT molecular complexity index is 1630. The number of ether oxygens (including phenoxy) is 2. The number of rotatable bonds is 9. The molecule has 1 unspecified atom stereocenters. The van der Waals surface area contributed by atoms with Crippen LogP contribution in [0, 0.1) is 11.6 Å². The molecule has 2 amide bonds. The minimum Gasteiger partial charge on any atom is -0.494 e. The maximum Gasteiger partial charge on any atom is 0.411 e. The second kappa shape index (κ2) is 12.8. The SMILES string of the molecule is CN=C(N)N(C(=O)c1ccc(OC)c(F)c1F)C(COC(=O)NC1(C(F)(F)F)CC1)c1ccc(Cl)c(-n2ncnc2C(F)F)c1. The summed E-state index contributed by atoms with van der Waals surface area (Å²) >= 11 is 6.25. The number of nitrogens with zero attached hydrogens (tertiary/aromatic N) is 5. The molecule has 1 heterocycles. The van der Waals surface area contributed by atoms with Crippen molar-refractivity contribution >= 4 is 29.6 Å². The lowest BCUT2D eigenvalue weighted by atomic mass is 10.0. The van der Waals surface area contributed by atoms with Gasteiger partial charge in [0.05, 0.1) is 29.4 Å². The molecule has 11 nitrogen and oxygen atoms in total. The van der Waals surface area contributed by atoms with Gasteiger partial charge in [-0.15, -0.1) is 0 Å². The zero-order chi connectivity index (χ0) is 33.3. The van der Waals surface area contributed by atoms with Crippen LogP contribution >= 0.6 is 11.6 Å². The fourth-order valence-electron chi connectivity index (χ4n) is 4.29. The zero-order valence-electron chi connectivity index (χ0n) is 23.2. The molecule has 2 aromatic carbocycles. The molecule has 1 fully saturated rings. The highest BCUT2D eigenvalue weighted by Gasteiger charge is 2.64. The van der Waals surface area contributed by atoms with E-state index in [-0.39, 0.29) is 16.3 Å². The Morgan fingerprint density at radius 3 is 2.47 bits per heavy atom. The van der Waals surface area contributed by atoms with E-state index in [9.17, 15) is 35.9 Å². The number of carbonyl (C=O) groups is 2. The van der Waals surface area contributed by atoms with E-state index in [2.05, 4.69) is 15.1 Å². The highest BCUT2D eigenvalue weighted by molar-refractivity contribution is 6.32. The molecule has 0 aliphatic heterocycles. The summed E-state index contributed by atoms with van der Waals surface area (Å²) in [5.74, 6) is -6.49. The summed E-state index contributed by atoms with van der Waals surface area (Å²) in [4.78, 5) is 34.1. The van der Waals surface area contributed by atoms with E-state index in [0.717, 1.165) is 38.7 Å². The molecule has 3 aromatic rings. The van der Waals surface area contributed by atoms with E-state index in [1.165, 1.54) is 12.1 Å². The van der Waals surface area contributed by atoms with Crippen LogP contribution in [0.2, 0.25) is 5.02 Å². The molecule has 1 aromatic heterocycles. The molecule has 0 spiro atoms. The highest BCUT2D eigenvalue weighted by atomic mass is 35.5. The Morgan fingerprint density at radius 1 is 1.20 bits per heavy atom. The Kier molecular flexibility index (Phi) is 9.46. The van der Waals surface area contributed by atoms with Gasteiger partial charge in [0, 0.05) is 7.05 Å². The minimum atomic E-state index is -4.78. The van der Waals surface area contributed by atoms with Gasteiger partial charge in [0.15, 0.2) is 23.4 Å². The van der Waals surface area contributed by atoms with Gasteiger partial charge in [-0.2, -0.15) is 22.7 Å². The first-order chi connectivity index (χ1) is 21.2. The predicted molar refractivity (Wildman–Crippen MR) is 143 cm³/mol. The van der Waals surface area contributed by atoms with Gasteiger partial charge >= 0.3 is 12.3 Å². The Balaban J connectivity index is 1.81. The third kappa shape index (κ3) is 6.59. The molecule has 45 heavy (non-hydrogen) atoms. The minimum absolute atomic E-state index is 0.0794. The molecular formula is C26H23ClF7N7O4. The first-order valence-electron chi connectivity index (χ1n) is 12.7. The molecule has 1 aliphatic carbocycles. The lowest BCUT2D eigenvalue weighted by molar-refractivity contribution is -0.164. The van der Waals surface area contributed by atoms with Gasteiger partial charge in [-0.05, 0) is 42.7 Å². The fraction of sp³-hybridized carbons (Fsp3) is 0.346. The molecule has 4 rings (SSSR count). The largest absolute Gasteiger partial charge is 0.494 e. The van der Waals surface area contributed by atoms with Gasteiger partial charge in [0.1, 0.15) is 18.5 Å². The maximum absolute atomic E-state index is 15.0. The number of benzene rings is 2. The van der Waals surface area contributed by atoms with Gasteiger partial charge in [-0.25, -0.2) is 27.6 Å². The van der Waals surface area contributed by atoms with Crippen LogP contribution in [0.4, 0.5) is 35.5 Å². The van der Waals surface area contributed by atoms with Crippen molar-refractivity contribution in [3.05, 3.63) is 70.3 Å². The van der Waals surface area contributed by atoms with Crippen molar-refractivity contribution in [2.24, 2.45) is 10.7 Å². The summed E-state index contributed by atoms with van der Waals surface area (Å²) in [6.07, 6.45) is -9.39. The number of nitrogens with two attached hydrogens (primary N) is 1. The standard InChI is InChI=1S/C26H23ClF7N7O4/c1-36-23(35)40(22(42)13-4-6-17(44-2)19(29)18(13)28)16(10-45-24(43)39-25(7-8-25)26(32,33)34)12-3-5-14(27)15(9-12)41-21(20(30)31)37-11-38-41/h3-6,9,11,16,20H,7-8,10H2,1-2H3,(H2,35,36)(H,39,43). The fourth-order valence-corrected chi connectivity index (χ4v) is 4.49. The molecule has 242 valence electrons. The zero-order valence-corrected chi connectivity index (χ0v) is 24.0. The van der Waals surface area contributed by atoms with Crippen LogP contribution < -0.4 is 15.8 Å². The van der Waals surface area contributed by atoms with E-state index in [0.29, 0.717) is 9.58 Å². The van der Waals surface area contributed by atoms with E-state index < -0.39 is 90.4 Å². The lowest BCUT2D eigenvalue weighted by Gasteiger charge is -2.31. The second-order valence-electron chi connectivity index (χ2n) is 9.56. The average Bonchev–Trinajstić information content (AvgIpc) is 3.61. The number of guanidine groups is 1. The summed E-state index contributed by atoms with van der Waals surface area (Å²) in [6.45, 7) is -0.942. The van der Waals surface area contributed by atoms with Gasteiger partial charge in [-0.1, -0.05) is 17.7 Å². The number of nitrogens with one attached hydrogen (secondary N) is 1. The van der Waals surface area contributed by atoms with Crippen LogP contribution in [-0.4, -0.2) is 70.1 Å². The number of methoxy groups -OCH3 is 1. The number of aromatic nitrogens is 3. The van der Waals surface area contributed by atoms with Crippen molar-refractivity contribution in [2.75, 3.05) is 20.8 Å². The number of hydrogen-bond donors (Lipinski definition) is 2. The number of aliphatic imine (C=N–C) groups is 1. The van der Waals surface area contributed by atoms with E-state index in [1.807, 2.05) is 0 Å². The van der Waals surface area contributed by atoms with Crippen LogP contribution in [0.1, 0.15) is 47.1 Å². The van der Waals surface area contributed by atoms with Gasteiger partial charge < -0.3 is 20.5 Å². The molecule has 0 saturated heterocycles. The van der Waals surface area contributed by atoms with Crippen molar-refractivity contribution in [2.45, 2.75) is 37.0 Å². The van der Waals surface area contributed by atoms with Crippen molar-refractivity contribution in [3.8, 4) is 11.4 Å². The van der Waals surface area contributed by atoms with E-state index in [4.69, 9.17) is 26.8 Å². The quantitative estimate of drug-likeness (QED) is 0.185. The molecule has 1 aliphatic rings. The molecule has 3 N–H and O–H groups in total. The number of carbonyl (C=O) groups excluding carboxylic acids is 2. The summed E-state index contributed by atoms with van der Waals surface area (Å²) < 4.78 is 108. The average molecular weight is 666 g/mol. The predicted octanol–water partition coefficient (Wildman–Crippen LogP) is 5.09. The van der Waals surface area contributed by atoms with Crippen molar-refractivity contribution in [3.63, 3.8) is 0 Å². The first-order valence-corrected chi connectivity index (χ1v) is 13.1. The number of halogens is 8. The number of amides is 2. The van der Waals surface area contributed by atoms with Crippen molar-refractivity contribution in [1.29, 1.82) is 0 Å². The van der Waals surface area contributed by atoms with Crippen molar-refractivity contribution < 1.29 is 49.8 Å². The third-order valence-corrected chi connectivity index (χ3v) is 7.18. The Morgan fingerprint density at radius 2 is 1.89 bits per heavy atom. The number of alkyl carbamates (subject to hydrolysis) is 1. The Labute approximate surface area is 254 Å². The summed E-state index contributed by atoms with van der Waals surface area (Å²) in [6, 6.07) is 3.74. The van der Waals surface area contributed by atoms with Crippen molar-refractivity contribution in [1.82, 2.24) is 25.0 Å². The highest BCUT2D eigenvalue weighted by Crippen LogP contribution is 2.49. The van der Waals surface area contributed by atoms with Crippen LogP contribution in [-0.2, 0) is 4.74 Å². The van der Waals surface area contributed by atoms with Crippen LogP contribution in [0.5, 0.6) is 5.75 Å². The summed E-state index contributed by atoms with van der Waals surface area (Å²) in [5.41, 5.74) is 2.33. The normalized spacial score (nSPS) is 15.0. The topological polar surface area (TPSA) is 137 Å². The molecule has 0 bridgehead atoms. The lowest BCUT2D eigenvalue weighted by Crippen LogP contribution is -2.49. The maximum atomic E-state index is 15.0. The molecular weight excluding hydrogens is 643 g/mol. The molecule has 19 heteroatoms. The van der Waals surface area contributed by atoms with E-state index in [1.54, 1.807) is 5.32 Å². The summed E-state index contributed by atoms with van der Waals surface area (Å²) in [5, 5.41) is 5.35. The smallest absolute Gasteiger partial charge is 0.411 e. The van der Waals surface area contributed by atoms with Gasteiger partial charge in [-0.3, -0.25) is 14.7 Å². The van der Waals surface area contributed by atoms with Crippen LogP contribution in [0.25, 0.3) is 5.69 Å². The van der Waals surface area contributed by atoms with Crippen LogP contribution in [0.15, 0.2) is 41.7 Å². The first kappa shape index (κ1) is 33.3. The second-order valence-corrected chi connectivity index (χ2v) is 9.97. The van der Waals surface area contributed by atoms with E-state index >= 15 is 4.39 Å². The van der Waals surface area contributed by atoms with Gasteiger partial charge in [0.25, 0.3) is 12.3 Å². The van der Waals surface area contributed by atoms with Gasteiger partial charge in [0.2, 0.25) is 5.82 Å². The number of alkyl halides is 5. The molecule has 0 radical (unpaired) electrons. The monoisotopic (exact) mass is 665 g/mol. The molecule has 1 atom stereocenters. The third-order valence-electron chi connectivity index (χ3n) is 6.86. The van der Waals surface area contributed by atoms with Crippen LogP contribution in [0.3, 0.4) is 0 Å². The number of hydrogen-bond acceptors (Lipinski definition) is 7. The molecule has 1 saturated carbocycles. The summed E-state index contributed by atoms with van der Waals surface area (Å²) in [7, 11) is 2.19.